The van der Waals surface area contributed by atoms with Crippen molar-refractivity contribution in [1.29, 1.82) is 0 Å². The molecule has 1 atom stereocenters. The Morgan fingerprint density at radius 1 is 1.07 bits per heavy atom. The molecule has 1 amide bonds. The zero-order valence-electron chi connectivity index (χ0n) is 16.3. The number of benzene rings is 2. The molecule has 8 nitrogen and oxygen atoms in total. The number of carbonyl (C=O) groups excluding carboxylic acids is 2. The largest absolute Gasteiger partial charge is 0.467 e. The number of rotatable bonds is 5. The van der Waals surface area contributed by atoms with Gasteiger partial charge in [0.1, 0.15) is 6.04 Å². The summed E-state index contributed by atoms with van der Waals surface area (Å²) in [7, 11) is 1.23. The zero-order chi connectivity index (χ0) is 21.6. The Bertz CT molecular complexity index is 965. The summed E-state index contributed by atoms with van der Waals surface area (Å²) in [5, 5.41) is 13.2. The molecule has 29 heavy (non-hydrogen) atoms. The van der Waals surface area contributed by atoms with Crippen LogP contribution in [-0.2, 0) is 9.53 Å². The van der Waals surface area contributed by atoms with Crippen LogP contribution in [0.25, 0.3) is 0 Å². The molecule has 2 aromatic rings. The van der Waals surface area contributed by atoms with Crippen LogP contribution >= 0.6 is 0 Å². The average molecular weight is 395 g/mol. The maximum Gasteiger partial charge on any atom is 0.330 e. The standard InChI is InChI=1S/C21H21N3O5/c1-21(2,22)18(20(26)29-3)23-19(25)16-10-6-14(7-11-16)4-5-15-8-12-17(13-9-15)24(27)28/h6-13,18H,22H2,1-3H3,(H,23,25). The molecular formula is C21H21N3O5. The van der Waals surface area contributed by atoms with Crippen molar-refractivity contribution in [1.82, 2.24) is 5.32 Å². The van der Waals surface area contributed by atoms with E-state index in [1.165, 1.54) is 19.2 Å². The molecule has 8 heteroatoms. The number of carbonyl (C=O) groups is 2. The van der Waals surface area contributed by atoms with Crippen LogP contribution in [0.1, 0.15) is 35.3 Å². The molecule has 2 rings (SSSR count). The number of hydrogen-bond donors (Lipinski definition) is 2. The monoisotopic (exact) mass is 395 g/mol. The first-order valence-electron chi connectivity index (χ1n) is 8.66. The number of methoxy groups -OCH3 is 1. The number of non-ortho nitro benzene ring substituents is 1. The summed E-state index contributed by atoms with van der Waals surface area (Å²) in [6.45, 7) is 3.23. The number of nitrogens with two attached hydrogens (primary N) is 1. The van der Waals surface area contributed by atoms with Gasteiger partial charge in [0.15, 0.2) is 0 Å². The molecule has 0 aromatic heterocycles. The molecule has 0 fully saturated rings. The lowest BCUT2D eigenvalue weighted by molar-refractivity contribution is -0.384. The molecule has 0 saturated heterocycles. The third-order valence-corrected chi connectivity index (χ3v) is 4.03. The quantitative estimate of drug-likeness (QED) is 0.345. The molecule has 0 spiro atoms. The summed E-state index contributed by atoms with van der Waals surface area (Å²) < 4.78 is 4.70. The molecule has 3 N–H and O–H groups in total. The minimum absolute atomic E-state index is 0.00293. The molecule has 0 aliphatic carbocycles. The van der Waals surface area contributed by atoms with Gasteiger partial charge in [-0.25, -0.2) is 4.79 Å². The highest BCUT2D eigenvalue weighted by Crippen LogP contribution is 2.12. The number of amides is 1. The molecule has 0 aliphatic rings. The van der Waals surface area contributed by atoms with Crippen molar-refractivity contribution in [3.05, 3.63) is 75.3 Å². The van der Waals surface area contributed by atoms with Gasteiger partial charge in [-0.2, -0.15) is 0 Å². The van der Waals surface area contributed by atoms with Crippen molar-refractivity contribution in [2.75, 3.05) is 7.11 Å². The van der Waals surface area contributed by atoms with Crippen LogP contribution in [0.4, 0.5) is 5.69 Å². The van der Waals surface area contributed by atoms with Gasteiger partial charge in [0.25, 0.3) is 11.6 Å². The third-order valence-electron chi connectivity index (χ3n) is 4.03. The fraction of sp³-hybridized carbons (Fsp3) is 0.238. The number of esters is 1. The van der Waals surface area contributed by atoms with Gasteiger partial charge < -0.3 is 15.8 Å². The number of nitrogens with zero attached hydrogens (tertiary/aromatic N) is 1. The second-order valence-corrected chi connectivity index (χ2v) is 6.88. The van der Waals surface area contributed by atoms with Gasteiger partial charge in [-0.3, -0.25) is 14.9 Å². The SMILES string of the molecule is COC(=O)C(NC(=O)c1ccc(C#Cc2ccc([N+](=O)[O-])cc2)cc1)C(C)(C)N. The Balaban J connectivity index is 2.11. The second kappa shape index (κ2) is 8.99. The van der Waals surface area contributed by atoms with Gasteiger partial charge in [0, 0.05) is 34.4 Å². The van der Waals surface area contributed by atoms with Crippen molar-refractivity contribution in [2.45, 2.75) is 25.4 Å². The smallest absolute Gasteiger partial charge is 0.330 e. The van der Waals surface area contributed by atoms with Crippen LogP contribution in [0.3, 0.4) is 0 Å². The first-order chi connectivity index (χ1) is 13.6. The van der Waals surface area contributed by atoms with E-state index >= 15 is 0 Å². The fourth-order valence-electron chi connectivity index (χ4n) is 2.40. The lowest BCUT2D eigenvalue weighted by Crippen LogP contribution is -2.59. The third kappa shape index (κ3) is 5.89. The lowest BCUT2D eigenvalue weighted by atomic mass is 9.95. The molecule has 2 aromatic carbocycles. The Labute approximate surface area is 168 Å². The van der Waals surface area contributed by atoms with Crippen molar-refractivity contribution >= 4 is 17.6 Å². The average Bonchev–Trinajstić information content (AvgIpc) is 2.69. The van der Waals surface area contributed by atoms with Crippen LogP contribution in [0.15, 0.2) is 48.5 Å². The van der Waals surface area contributed by atoms with E-state index in [0.29, 0.717) is 16.7 Å². The molecule has 0 heterocycles. The summed E-state index contributed by atoms with van der Waals surface area (Å²) >= 11 is 0. The van der Waals surface area contributed by atoms with E-state index in [1.807, 2.05) is 0 Å². The van der Waals surface area contributed by atoms with Gasteiger partial charge in [-0.1, -0.05) is 11.8 Å². The summed E-state index contributed by atoms with van der Waals surface area (Å²) in [6, 6.07) is 11.4. The predicted octanol–water partition coefficient (Wildman–Crippen LogP) is 2.00. The van der Waals surface area contributed by atoms with Gasteiger partial charge >= 0.3 is 5.97 Å². The van der Waals surface area contributed by atoms with Gasteiger partial charge in [-0.05, 0) is 50.2 Å². The minimum Gasteiger partial charge on any atom is -0.467 e. The Kier molecular flexibility index (Phi) is 6.70. The van der Waals surface area contributed by atoms with Crippen LogP contribution < -0.4 is 11.1 Å². The number of nitro benzene ring substituents is 1. The molecule has 1 unspecified atom stereocenters. The zero-order valence-corrected chi connectivity index (χ0v) is 16.3. The van der Waals surface area contributed by atoms with Crippen molar-refractivity contribution in [2.24, 2.45) is 5.73 Å². The first kappa shape index (κ1) is 21.6. The highest BCUT2D eigenvalue weighted by molar-refractivity contribution is 5.97. The first-order valence-corrected chi connectivity index (χ1v) is 8.66. The van der Waals surface area contributed by atoms with Crippen molar-refractivity contribution in [3.8, 4) is 11.8 Å². The van der Waals surface area contributed by atoms with Crippen molar-refractivity contribution < 1.29 is 19.2 Å². The summed E-state index contributed by atoms with van der Waals surface area (Å²) in [5.74, 6) is 4.73. The predicted molar refractivity (Wildman–Crippen MR) is 107 cm³/mol. The van der Waals surface area contributed by atoms with E-state index in [0.717, 1.165) is 0 Å². The van der Waals surface area contributed by atoms with Gasteiger partial charge in [0.2, 0.25) is 0 Å². The Morgan fingerprint density at radius 3 is 1.97 bits per heavy atom. The number of hydrogen-bond acceptors (Lipinski definition) is 6. The van der Waals surface area contributed by atoms with Crippen LogP contribution in [0.2, 0.25) is 0 Å². The molecule has 0 radical (unpaired) electrons. The highest BCUT2D eigenvalue weighted by atomic mass is 16.6. The molecule has 0 saturated carbocycles. The lowest BCUT2D eigenvalue weighted by Gasteiger charge is -2.28. The molecule has 0 aliphatic heterocycles. The van der Waals surface area contributed by atoms with E-state index in [4.69, 9.17) is 10.5 Å². The molecule has 150 valence electrons. The fourth-order valence-corrected chi connectivity index (χ4v) is 2.40. The van der Waals surface area contributed by atoms with E-state index in [9.17, 15) is 19.7 Å². The number of nitrogens with one attached hydrogen (secondary N) is 1. The maximum absolute atomic E-state index is 12.4. The number of nitro groups is 1. The van der Waals surface area contributed by atoms with Crippen molar-refractivity contribution in [3.63, 3.8) is 0 Å². The maximum atomic E-state index is 12.4. The minimum atomic E-state index is -1.00. The normalized spacial score (nSPS) is 11.6. The van der Waals surface area contributed by atoms with E-state index in [1.54, 1.807) is 50.2 Å². The van der Waals surface area contributed by atoms with Crippen LogP contribution in [-0.4, -0.2) is 35.5 Å². The second-order valence-electron chi connectivity index (χ2n) is 6.88. The van der Waals surface area contributed by atoms with E-state index in [-0.39, 0.29) is 5.69 Å². The van der Waals surface area contributed by atoms with E-state index < -0.39 is 28.4 Å². The molecular weight excluding hydrogens is 374 g/mol. The summed E-state index contributed by atoms with van der Waals surface area (Å²) in [5.41, 5.74) is 6.57. The Morgan fingerprint density at radius 2 is 1.55 bits per heavy atom. The topological polar surface area (TPSA) is 125 Å². The summed E-state index contributed by atoms with van der Waals surface area (Å²) in [4.78, 5) is 34.5. The summed E-state index contributed by atoms with van der Waals surface area (Å²) in [6.07, 6.45) is 0. The van der Waals surface area contributed by atoms with Crippen LogP contribution in [0, 0.1) is 22.0 Å². The van der Waals surface area contributed by atoms with Crippen LogP contribution in [0.5, 0.6) is 0 Å². The van der Waals surface area contributed by atoms with E-state index in [2.05, 4.69) is 17.2 Å². The van der Waals surface area contributed by atoms with Gasteiger partial charge in [0.05, 0.1) is 12.0 Å². The Hall–Kier alpha value is -3.70. The highest BCUT2D eigenvalue weighted by Gasteiger charge is 2.34. The molecule has 0 bridgehead atoms. The van der Waals surface area contributed by atoms with Gasteiger partial charge in [-0.15, -0.1) is 0 Å². The number of ether oxygens (including phenoxy) is 1.